The van der Waals surface area contributed by atoms with Crippen molar-refractivity contribution in [1.82, 2.24) is 0 Å². The fourth-order valence-electron chi connectivity index (χ4n) is 1.56. The summed E-state index contributed by atoms with van der Waals surface area (Å²) in [5.74, 6) is 0. The standard InChI is InChI=1S/C6H16O6P4/c7-3-5(11-15)4(10-14)2(1-8-13)9-6(3)12-16/h2-7H,1,13-16H2. The summed E-state index contributed by atoms with van der Waals surface area (Å²) in [6.07, 6.45) is -3.17. The van der Waals surface area contributed by atoms with Crippen LogP contribution >= 0.6 is 37.9 Å². The topological polar surface area (TPSA) is 66.4 Å². The number of ether oxygens (including phenoxy) is 1. The Balaban J connectivity index is 2.77. The minimum atomic E-state index is -0.943. The van der Waals surface area contributed by atoms with E-state index in [-0.39, 0.29) is 6.61 Å². The van der Waals surface area contributed by atoms with Crippen LogP contribution in [-0.4, -0.2) is 42.4 Å². The van der Waals surface area contributed by atoms with E-state index in [2.05, 4.69) is 28.4 Å². The Kier molecular flexibility index (Phi) is 7.59. The van der Waals surface area contributed by atoms with Crippen LogP contribution in [0.4, 0.5) is 0 Å². The molecule has 1 N–H and O–H groups in total. The van der Waals surface area contributed by atoms with E-state index in [4.69, 9.17) is 22.8 Å². The molecule has 96 valence electrons. The molecule has 0 amide bonds. The molecular weight excluding hydrogens is 292 g/mol. The molecule has 9 unspecified atom stereocenters. The van der Waals surface area contributed by atoms with Gasteiger partial charge in [-0.1, -0.05) is 0 Å². The Morgan fingerprint density at radius 1 is 1.00 bits per heavy atom. The second kappa shape index (κ2) is 7.81. The summed E-state index contributed by atoms with van der Waals surface area (Å²) >= 11 is 0. The van der Waals surface area contributed by atoms with Crippen molar-refractivity contribution < 1.29 is 27.9 Å². The molecule has 0 aliphatic carbocycles. The first-order valence-corrected chi connectivity index (χ1v) is 6.30. The quantitative estimate of drug-likeness (QED) is 0.723. The second-order valence-electron chi connectivity index (χ2n) is 3.20. The molecule has 10 heteroatoms. The first-order valence-electron chi connectivity index (χ1n) is 4.41. The molecule has 9 atom stereocenters. The third-order valence-electron chi connectivity index (χ3n) is 2.32. The molecule has 0 aromatic carbocycles. The van der Waals surface area contributed by atoms with E-state index >= 15 is 0 Å². The summed E-state index contributed by atoms with van der Waals surface area (Å²) in [7, 11) is 8.40. The third kappa shape index (κ3) is 3.49. The molecule has 16 heavy (non-hydrogen) atoms. The van der Waals surface area contributed by atoms with Crippen molar-refractivity contribution in [3.05, 3.63) is 0 Å². The Hall–Kier alpha value is 1.48. The van der Waals surface area contributed by atoms with Gasteiger partial charge in [0.15, 0.2) is 6.29 Å². The lowest BCUT2D eigenvalue weighted by Crippen LogP contribution is -2.59. The summed E-state index contributed by atoms with van der Waals surface area (Å²) in [6, 6.07) is 0. The molecule has 6 nitrogen and oxygen atoms in total. The van der Waals surface area contributed by atoms with Gasteiger partial charge in [-0.3, -0.25) is 0 Å². The van der Waals surface area contributed by atoms with Crippen LogP contribution in [0.15, 0.2) is 0 Å². The molecule has 1 aliphatic rings. The summed E-state index contributed by atoms with van der Waals surface area (Å²) in [5.41, 5.74) is 0. The average molecular weight is 308 g/mol. The molecule has 0 saturated carbocycles. The predicted octanol–water partition coefficient (Wildman–Crippen LogP) is 0.0362. The largest absolute Gasteiger partial charge is 0.385 e. The maximum atomic E-state index is 9.88. The van der Waals surface area contributed by atoms with Gasteiger partial charge in [-0.05, 0) is 0 Å². The summed E-state index contributed by atoms with van der Waals surface area (Å²) in [4.78, 5) is 0. The van der Waals surface area contributed by atoms with Crippen LogP contribution < -0.4 is 0 Å². The highest BCUT2D eigenvalue weighted by Gasteiger charge is 2.46. The lowest BCUT2D eigenvalue weighted by molar-refractivity contribution is -0.260. The van der Waals surface area contributed by atoms with E-state index in [9.17, 15) is 5.11 Å². The van der Waals surface area contributed by atoms with Gasteiger partial charge in [0.1, 0.15) is 24.4 Å². The minimum absolute atomic E-state index is 0.283. The van der Waals surface area contributed by atoms with Gasteiger partial charge < -0.3 is 27.9 Å². The van der Waals surface area contributed by atoms with E-state index in [1.54, 1.807) is 0 Å². The average Bonchev–Trinajstić information content (AvgIpc) is 2.30. The van der Waals surface area contributed by atoms with Gasteiger partial charge >= 0.3 is 0 Å². The molecule has 1 saturated heterocycles. The van der Waals surface area contributed by atoms with Crippen molar-refractivity contribution in [2.45, 2.75) is 30.7 Å². The summed E-state index contributed by atoms with van der Waals surface area (Å²) in [5, 5.41) is 9.88. The summed E-state index contributed by atoms with van der Waals surface area (Å²) in [6.45, 7) is 0.283. The van der Waals surface area contributed by atoms with Crippen LogP contribution in [0.3, 0.4) is 0 Å². The van der Waals surface area contributed by atoms with E-state index in [1.165, 1.54) is 0 Å². The van der Waals surface area contributed by atoms with Crippen LogP contribution in [0.1, 0.15) is 0 Å². The van der Waals surface area contributed by atoms with Crippen LogP contribution in [0.2, 0.25) is 0 Å². The predicted molar refractivity (Wildman–Crippen MR) is 70.3 cm³/mol. The first kappa shape index (κ1) is 15.5. The van der Waals surface area contributed by atoms with E-state index in [0.29, 0.717) is 0 Å². The fraction of sp³-hybridized carbons (Fsp3) is 1.00. The highest BCUT2D eigenvalue weighted by Crippen LogP contribution is 2.30. The smallest absolute Gasteiger partial charge is 0.189 e. The summed E-state index contributed by atoms with van der Waals surface area (Å²) < 4.78 is 25.6. The molecule has 0 radical (unpaired) electrons. The Morgan fingerprint density at radius 2 is 1.62 bits per heavy atom. The molecular formula is C6H16O6P4. The Labute approximate surface area is 104 Å². The highest BCUT2D eigenvalue weighted by atomic mass is 31.0. The Bertz CT molecular complexity index is 205. The number of hydrogen-bond acceptors (Lipinski definition) is 6. The van der Waals surface area contributed by atoms with Crippen LogP contribution in [-0.2, 0) is 22.8 Å². The van der Waals surface area contributed by atoms with Crippen molar-refractivity contribution >= 4 is 37.9 Å². The van der Waals surface area contributed by atoms with Crippen molar-refractivity contribution in [1.29, 1.82) is 0 Å². The number of hydrogen-bond donors (Lipinski definition) is 1. The van der Waals surface area contributed by atoms with Crippen molar-refractivity contribution in [2.24, 2.45) is 0 Å². The monoisotopic (exact) mass is 308 g/mol. The zero-order valence-corrected chi connectivity index (χ0v) is 13.0. The third-order valence-corrected chi connectivity index (χ3v) is 3.41. The SMILES string of the molecule is OC1C(OP)OC(COP)C(OP)C1OP. The molecule has 1 rings (SSSR count). The normalized spacial score (nSPS) is 39.9. The van der Waals surface area contributed by atoms with Crippen LogP contribution in [0, 0.1) is 0 Å². The van der Waals surface area contributed by atoms with Gasteiger partial charge in [0.2, 0.25) is 0 Å². The molecule has 1 fully saturated rings. The molecule has 1 heterocycles. The second-order valence-corrected chi connectivity index (χ2v) is 4.35. The van der Waals surface area contributed by atoms with Crippen molar-refractivity contribution in [3.63, 3.8) is 0 Å². The van der Waals surface area contributed by atoms with Gasteiger partial charge in [0.25, 0.3) is 0 Å². The van der Waals surface area contributed by atoms with Crippen molar-refractivity contribution in [3.8, 4) is 0 Å². The maximum Gasteiger partial charge on any atom is 0.189 e. The lowest BCUT2D eigenvalue weighted by Gasteiger charge is -2.42. The molecule has 0 bridgehead atoms. The van der Waals surface area contributed by atoms with Gasteiger partial charge in [-0.15, -0.1) is 0 Å². The van der Waals surface area contributed by atoms with E-state index < -0.39 is 30.7 Å². The maximum absolute atomic E-state index is 9.88. The van der Waals surface area contributed by atoms with Crippen LogP contribution in [0.25, 0.3) is 0 Å². The van der Waals surface area contributed by atoms with Gasteiger partial charge in [-0.25, -0.2) is 0 Å². The lowest BCUT2D eigenvalue weighted by atomic mass is 9.99. The fourth-order valence-corrected chi connectivity index (χ4v) is 2.62. The minimum Gasteiger partial charge on any atom is -0.385 e. The zero-order chi connectivity index (χ0) is 12.1. The van der Waals surface area contributed by atoms with Crippen molar-refractivity contribution in [2.75, 3.05) is 6.61 Å². The van der Waals surface area contributed by atoms with E-state index in [1.807, 2.05) is 9.47 Å². The Morgan fingerprint density at radius 3 is 2.06 bits per heavy atom. The van der Waals surface area contributed by atoms with Gasteiger partial charge in [0, 0.05) is 37.9 Å². The van der Waals surface area contributed by atoms with Gasteiger partial charge in [-0.2, -0.15) is 0 Å². The number of aliphatic hydroxyl groups is 1. The molecule has 0 aromatic heterocycles. The number of aliphatic hydroxyl groups excluding tert-OH is 1. The highest BCUT2D eigenvalue weighted by molar-refractivity contribution is 7.10. The van der Waals surface area contributed by atoms with E-state index in [0.717, 1.165) is 0 Å². The number of rotatable bonds is 5. The van der Waals surface area contributed by atoms with Crippen LogP contribution in [0.5, 0.6) is 0 Å². The first-order chi connectivity index (χ1) is 7.69. The molecule has 1 aliphatic heterocycles. The van der Waals surface area contributed by atoms with Gasteiger partial charge in [0.05, 0.1) is 6.61 Å². The molecule has 0 aromatic rings. The molecule has 0 spiro atoms. The zero-order valence-electron chi connectivity index (χ0n) is 8.39.